The first-order chi connectivity index (χ1) is 9.90. The molecule has 21 heavy (non-hydrogen) atoms. The van der Waals surface area contributed by atoms with Gasteiger partial charge < -0.3 is 9.47 Å². The van der Waals surface area contributed by atoms with Crippen LogP contribution in [0.5, 0.6) is 0 Å². The molecule has 0 aromatic heterocycles. The lowest BCUT2D eigenvalue weighted by Crippen LogP contribution is -2.26. The number of carbonyl (C=O) groups is 1. The summed E-state index contributed by atoms with van der Waals surface area (Å²) in [6, 6.07) is 5.27. The molecule has 0 amide bonds. The molecule has 0 bridgehead atoms. The third kappa shape index (κ3) is 5.38. The quantitative estimate of drug-likeness (QED) is 0.722. The van der Waals surface area contributed by atoms with Crippen LogP contribution in [0.25, 0.3) is 0 Å². The molecule has 0 radical (unpaired) electrons. The first kappa shape index (κ1) is 17.5. The lowest BCUT2D eigenvalue weighted by atomic mass is 10.0. The van der Waals surface area contributed by atoms with Crippen LogP contribution in [0.15, 0.2) is 24.3 Å². The molecule has 118 valence electrons. The maximum atomic E-state index is 12.8. The standard InChI is InChI=1S/C15H19F3O3/c1-3-13(20-4-2)14(19)21-10-9-11-7-5-6-8-12(11)15(16,17)18/h5-8,13H,3-4,9-10H2,1-2H3. The number of esters is 1. The van der Waals surface area contributed by atoms with Gasteiger partial charge in [-0.2, -0.15) is 13.2 Å². The van der Waals surface area contributed by atoms with Crippen molar-refractivity contribution in [2.45, 2.75) is 39.0 Å². The van der Waals surface area contributed by atoms with Crippen molar-refractivity contribution in [1.29, 1.82) is 0 Å². The van der Waals surface area contributed by atoms with E-state index in [1.54, 1.807) is 13.8 Å². The molecule has 0 saturated heterocycles. The summed E-state index contributed by atoms with van der Waals surface area (Å²) in [6.45, 7) is 3.82. The Balaban J connectivity index is 2.59. The predicted octanol–water partition coefficient (Wildman–Crippen LogP) is 3.61. The van der Waals surface area contributed by atoms with Crippen molar-refractivity contribution in [3.05, 3.63) is 35.4 Å². The summed E-state index contributed by atoms with van der Waals surface area (Å²) in [5, 5.41) is 0. The van der Waals surface area contributed by atoms with Gasteiger partial charge in [0.2, 0.25) is 0 Å². The molecule has 1 aromatic carbocycles. The molecule has 0 aliphatic heterocycles. The zero-order valence-electron chi connectivity index (χ0n) is 12.1. The Hall–Kier alpha value is -1.56. The lowest BCUT2D eigenvalue weighted by molar-refractivity contribution is -0.157. The summed E-state index contributed by atoms with van der Waals surface area (Å²) < 4.78 is 48.5. The van der Waals surface area contributed by atoms with Crippen molar-refractivity contribution >= 4 is 5.97 Å². The van der Waals surface area contributed by atoms with E-state index in [1.807, 2.05) is 0 Å². The van der Waals surface area contributed by atoms with Gasteiger partial charge in [0.05, 0.1) is 12.2 Å². The van der Waals surface area contributed by atoms with E-state index in [9.17, 15) is 18.0 Å². The molecular weight excluding hydrogens is 285 g/mol. The molecule has 0 saturated carbocycles. The van der Waals surface area contributed by atoms with Crippen LogP contribution >= 0.6 is 0 Å². The molecule has 0 fully saturated rings. The van der Waals surface area contributed by atoms with E-state index >= 15 is 0 Å². The average molecular weight is 304 g/mol. The van der Waals surface area contributed by atoms with Crippen LogP contribution in [-0.2, 0) is 26.9 Å². The van der Waals surface area contributed by atoms with Gasteiger partial charge in [0.25, 0.3) is 0 Å². The summed E-state index contributed by atoms with van der Waals surface area (Å²) in [5.41, 5.74) is -0.583. The Morgan fingerprint density at radius 1 is 1.24 bits per heavy atom. The number of halogens is 3. The van der Waals surface area contributed by atoms with Crippen LogP contribution in [0.4, 0.5) is 13.2 Å². The molecule has 0 aliphatic rings. The van der Waals surface area contributed by atoms with Gasteiger partial charge in [-0.15, -0.1) is 0 Å². The summed E-state index contributed by atoms with van der Waals surface area (Å²) in [7, 11) is 0. The maximum Gasteiger partial charge on any atom is 0.416 e. The fourth-order valence-corrected chi connectivity index (χ4v) is 1.92. The average Bonchev–Trinajstić information content (AvgIpc) is 2.44. The second-order valence-corrected chi connectivity index (χ2v) is 4.42. The van der Waals surface area contributed by atoms with Crippen molar-refractivity contribution in [2.75, 3.05) is 13.2 Å². The zero-order valence-corrected chi connectivity index (χ0v) is 12.1. The lowest BCUT2D eigenvalue weighted by Gasteiger charge is -2.15. The van der Waals surface area contributed by atoms with Gasteiger partial charge in [0.1, 0.15) is 0 Å². The van der Waals surface area contributed by atoms with Gasteiger partial charge in [-0.05, 0) is 25.0 Å². The smallest absolute Gasteiger partial charge is 0.416 e. The van der Waals surface area contributed by atoms with Crippen LogP contribution in [0.2, 0.25) is 0 Å². The summed E-state index contributed by atoms with van der Waals surface area (Å²) in [6.07, 6.45) is -4.58. The van der Waals surface area contributed by atoms with E-state index in [0.29, 0.717) is 13.0 Å². The maximum absolute atomic E-state index is 12.8. The highest BCUT2D eigenvalue weighted by atomic mass is 19.4. The van der Waals surface area contributed by atoms with Crippen molar-refractivity contribution in [1.82, 2.24) is 0 Å². The van der Waals surface area contributed by atoms with E-state index < -0.39 is 23.8 Å². The Labute approximate surface area is 122 Å². The highest BCUT2D eigenvalue weighted by Crippen LogP contribution is 2.31. The van der Waals surface area contributed by atoms with Gasteiger partial charge in [-0.25, -0.2) is 4.79 Å². The number of benzene rings is 1. The second kappa shape index (κ2) is 8.02. The minimum Gasteiger partial charge on any atom is -0.463 e. The van der Waals surface area contributed by atoms with Gasteiger partial charge in [0.15, 0.2) is 6.10 Å². The molecule has 0 spiro atoms. The third-order valence-electron chi connectivity index (χ3n) is 2.94. The molecule has 0 aliphatic carbocycles. The molecule has 0 N–H and O–H groups in total. The Morgan fingerprint density at radius 2 is 1.90 bits per heavy atom. The largest absolute Gasteiger partial charge is 0.463 e. The van der Waals surface area contributed by atoms with E-state index in [0.717, 1.165) is 6.07 Å². The van der Waals surface area contributed by atoms with Crippen molar-refractivity contribution < 1.29 is 27.4 Å². The second-order valence-electron chi connectivity index (χ2n) is 4.42. The number of ether oxygens (including phenoxy) is 2. The van der Waals surface area contributed by atoms with Crippen molar-refractivity contribution in [3.8, 4) is 0 Å². The van der Waals surface area contributed by atoms with Crippen molar-refractivity contribution in [3.63, 3.8) is 0 Å². The normalized spacial score (nSPS) is 13.0. The summed E-state index contributed by atoms with van der Waals surface area (Å²) >= 11 is 0. The van der Waals surface area contributed by atoms with E-state index in [2.05, 4.69) is 0 Å². The predicted molar refractivity (Wildman–Crippen MR) is 71.8 cm³/mol. The molecule has 1 aromatic rings. The van der Waals surface area contributed by atoms with E-state index in [1.165, 1.54) is 18.2 Å². The van der Waals surface area contributed by atoms with Gasteiger partial charge >= 0.3 is 12.1 Å². The van der Waals surface area contributed by atoms with Crippen LogP contribution in [0.3, 0.4) is 0 Å². The highest BCUT2D eigenvalue weighted by Gasteiger charge is 2.32. The number of rotatable bonds is 7. The fourth-order valence-electron chi connectivity index (χ4n) is 1.92. The monoisotopic (exact) mass is 304 g/mol. The number of hydrogen-bond donors (Lipinski definition) is 0. The number of hydrogen-bond acceptors (Lipinski definition) is 3. The van der Waals surface area contributed by atoms with Crippen molar-refractivity contribution in [2.24, 2.45) is 0 Å². The summed E-state index contributed by atoms with van der Waals surface area (Å²) in [4.78, 5) is 11.7. The zero-order chi connectivity index (χ0) is 15.9. The molecule has 1 rings (SSSR count). The van der Waals surface area contributed by atoms with E-state index in [-0.39, 0.29) is 18.6 Å². The number of carbonyl (C=O) groups excluding carboxylic acids is 1. The molecule has 1 atom stereocenters. The van der Waals surface area contributed by atoms with Crippen LogP contribution in [0.1, 0.15) is 31.4 Å². The van der Waals surface area contributed by atoms with Gasteiger partial charge in [-0.1, -0.05) is 25.1 Å². The van der Waals surface area contributed by atoms with Gasteiger partial charge in [-0.3, -0.25) is 0 Å². The minimum absolute atomic E-state index is 0.0178. The Kier molecular flexibility index (Phi) is 6.68. The first-order valence-electron chi connectivity index (χ1n) is 6.83. The molecule has 1 unspecified atom stereocenters. The fraction of sp³-hybridized carbons (Fsp3) is 0.533. The van der Waals surface area contributed by atoms with Crippen LogP contribution < -0.4 is 0 Å². The summed E-state index contributed by atoms with van der Waals surface area (Å²) in [5.74, 6) is -0.538. The third-order valence-corrected chi connectivity index (χ3v) is 2.94. The highest BCUT2D eigenvalue weighted by molar-refractivity contribution is 5.74. The topological polar surface area (TPSA) is 35.5 Å². The molecular formula is C15H19F3O3. The Morgan fingerprint density at radius 3 is 2.48 bits per heavy atom. The Bertz CT molecular complexity index is 458. The SMILES string of the molecule is CCOC(CC)C(=O)OCCc1ccccc1C(F)(F)F. The van der Waals surface area contributed by atoms with Crippen LogP contribution in [-0.4, -0.2) is 25.3 Å². The molecule has 3 nitrogen and oxygen atoms in total. The molecule has 0 heterocycles. The number of alkyl halides is 3. The molecule has 6 heteroatoms. The van der Waals surface area contributed by atoms with E-state index in [4.69, 9.17) is 9.47 Å². The first-order valence-corrected chi connectivity index (χ1v) is 6.83. The minimum atomic E-state index is -4.40. The van der Waals surface area contributed by atoms with Gasteiger partial charge in [0, 0.05) is 13.0 Å². The van der Waals surface area contributed by atoms with Crippen LogP contribution in [0, 0.1) is 0 Å².